The van der Waals surface area contributed by atoms with Gasteiger partial charge in [0.15, 0.2) is 0 Å². The van der Waals surface area contributed by atoms with E-state index in [0.717, 1.165) is 6.07 Å². The first-order valence-electron chi connectivity index (χ1n) is 3.82. The van der Waals surface area contributed by atoms with Crippen molar-refractivity contribution in [3.63, 3.8) is 0 Å². The van der Waals surface area contributed by atoms with Gasteiger partial charge in [0.1, 0.15) is 5.82 Å². The minimum absolute atomic E-state index is 0.131. The van der Waals surface area contributed by atoms with Crippen LogP contribution in [0, 0.1) is 11.2 Å². The Kier molecular flexibility index (Phi) is 3.25. The van der Waals surface area contributed by atoms with E-state index < -0.39 is 5.82 Å². The first kappa shape index (κ1) is 9.99. The van der Waals surface area contributed by atoms with Crippen LogP contribution >= 0.6 is 11.6 Å². The zero-order valence-electron chi connectivity index (χ0n) is 7.10. The summed E-state index contributed by atoms with van der Waals surface area (Å²) in [5.74, 6) is -0.706. The molecule has 0 saturated carbocycles. The summed E-state index contributed by atoms with van der Waals surface area (Å²) in [7, 11) is 0. The van der Waals surface area contributed by atoms with Crippen molar-refractivity contribution >= 4 is 17.5 Å². The lowest BCUT2D eigenvalue weighted by Gasteiger charge is -2.05. The Bertz CT molecular complexity index is 327. The first-order chi connectivity index (χ1) is 6.15. The van der Waals surface area contributed by atoms with Crippen molar-refractivity contribution in [1.29, 1.82) is 5.41 Å². The number of benzene rings is 1. The van der Waals surface area contributed by atoms with Gasteiger partial charge in [-0.3, -0.25) is 5.41 Å². The summed E-state index contributed by atoms with van der Waals surface area (Å²) in [5.41, 5.74) is 0.131. The third kappa shape index (κ3) is 2.42. The molecule has 1 aromatic rings. The van der Waals surface area contributed by atoms with Gasteiger partial charge in [-0.05, 0) is 25.1 Å². The standard InChI is InChI=1S/C9H9ClFNO/c1-2-13-9(12)7-4-3-6(10)5-8(7)11/h3-5,12H,2H2,1H3. The zero-order valence-corrected chi connectivity index (χ0v) is 7.86. The zero-order chi connectivity index (χ0) is 9.84. The molecule has 0 fully saturated rings. The van der Waals surface area contributed by atoms with Crippen LogP contribution in [0.5, 0.6) is 0 Å². The average molecular weight is 202 g/mol. The predicted molar refractivity (Wildman–Crippen MR) is 49.9 cm³/mol. The molecule has 2 nitrogen and oxygen atoms in total. The van der Waals surface area contributed by atoms with Crippen LogP contribution in [0.2, 0.25) is 5.02 Å². The molecule has 4 heteroatoms. The molecule has 13 heavy (non-hydrogen) atoms. The Morgan fingerprint density at radius 3 is 2.85 bits per heavy atom. The van der Waals surface area contributed by atoms with Crippen molar-refractivity contribution in [1.82, 2.24) is 0 Å². The highest BCUT2D eigenvalue weighted by Gasteiger charge is 2.08. The van der Waals surface area contributed by atoms with Gasteiger partial charge in [-0.1, -0.05) is 11.6 Å². The van der Waals surface area contributed by atoms with Crippen molar-refractivity contribution in [2.45, 2.75) is 6.92 Å². The van der Waals surface area contributed by atoms with Crippen LogP contribution in [0.4, 0.5) is 4.39 Å². The summed E-state index contributed by atoms with van der Waals surface area (Å²) in [6.45, 7) is 2.09. The molecule has 0 saturated heterocycles. The quantitative estimate of drug-likeness (QED) is 0.579. The molecule has 0 bridgehead atoms. The van der Waals surface area contributed by atoms with Crippen LogP contribution < -0.4 is 0 Å². The number of hydrogen-bond donors (Lipinski definition) is 1. The van der Waals surface area contributed by atoms with Gasteiger partial charge in [-0.15, -0.1) is 0 Å². The van der Waals surface area contributed by atoms with Gasteiger partial charge in [0.05, 0.1) is 12.2 Å². The third-order valence-corrected chi connectivity index (χ3v) is 1.70. The highest BCUT2D eigenvalue weighted by molar-refractivity contribution is 6.30. The molecule has 0 aromatic heterocycles. The fraction of sp³-hybridized carbons (Fsp3) is 0.222. The highest BCUT2D eigenvalue weighted by Crippen LogP contribution is 2.15. The van der Waals surface area contributed by atoms with E-state index in [9.17, 15) is 4.39 Å². The van der Waals surface area contributed by atoms with Crippen LogP contribution in [0.1, 0.15) is 12.5 Å². The molecule has 1 rings (SSSR count). The fourth-order valence-corrected chi connectivity index (χ4v) is 1.05. The predicted octanol–water partition coefficient (Wildman–Crippen LogP) is 2.84. The molecule has 0 aliphatic rings. The van der Waals surface area contributed by atoms with E-state index in [1.165, 1.54) is 12.1 Å². The maximum absolute atomic E-state index is 13.1. The van der Waals surface area contributed by atoms with Crippen molar-refractivity contribution in [3.05, 3.63) is 34.6 Å². The van der Waals surface area contributed by atoms with Crippen molar-refractivity contribution in [3.8, 4) is 0 Å². The summed E-state index contributed by atoms with van der Waals surface area (Å²) in [5, 5.41) is 7.65. The second kappa shape index (κ2) is 4.23. The van der Waals surface area contributed by atoms with Gasteiger partial charge in [-0.2, -0.15) is 0 Å². The highest BCUT2D eigenvalue weighted by atomic mass is 35.5. The molecular formula is C9H9ClFNO. The second-order valence-electron chi connectivity index (χ2n) is 2.39. The molecule has 0 unspecified atom stereocenters. The van der Waals surface area contributed by atoms with Crippen LogP contribution in [-0.4, -0.2) is 12.5 Å². The van der Waals surface area contributed by atoms with Crippen molar-refractivity contribution in [2.24, 2.45) is 0 Å². The maximum atomic E-state index is 13.1. The molecule has 0 spiro atoms. The van der Waals surface area contributed by atoms with Gasteiger partial charge in [0.2, 0.25) is 5.90 Å². The lowest BCUT2D eigenvalue weighted by molar-refractivity contribution is 0.324. The third-order valence-electron chi connectivity index (χ3n) is 1.46. The van der Waals surface area contributed by atoms with Gasteiger partial charge >= 0.3 is 0 Å². The first-order valence-corrected chi connectivity index (χ1v) is 4.19. The van der Waals surface area contributed by atoms with Crippen LogP contribution in [0.15, 0.2) is 18.2 Å². The Balaban J connectivity index is 2.95. The van der Waals surface area contributed by atoms with Crippen LogP contribution in [0.25, 0.3) is 0 Å². The number of nitrogens with one attached hydrogen (secondary N) is 1. The molecule has 0 aliphatic carbocycles. The van der Waals surface area contributed by atoms with Gasteiger partial charge in [0, 0.05) is 5.02 Å². The van der Waals surface area contributed by atoms with E-state index in [1.807, 2.05) is 0 Å². The Morgan fingerprint density at radius 1 is 1.62 bits per heavy atom. The van der Waals surface area contributed by atoms with Crippen LogP contribution in [0.3, 0.4) is 0 Å². The number of hydrogen-bond acceptors (Lipinski definition) is 2. The molecule has 0 aliphatic heterocycles. The molecule has 1 aromatic carbocycles. The molecule has 1 N–H and O–H groups in total. The second-order valence-corrected chi connectivity index (χ2v) is 2.82. The number of rotatable bonds is 2. The van der Waals surface area contributed by atoms with Crippen molar-refractivity contribution in [2.75, 3.05) is 6.61 Å². The van der Waals surface area contributed by atoms with Gasteiger partial charge in [-0.25, -0.2) is 4.39 Å². The molecule has 0 atom stereocenters. The molecule has 0 heterocycles. The summed E-state index contributed by atoms with van der Waals surface area (Å²) in [6, 6.07) is 4.10. The number of ether oxygens (including phenoxy) is 1. The molecule has 0 radical (unpaired) electrons. The van der Waals surface area contributed by atoms with E-state index in [-0.39, 0.29) is 11.5 Å². The van der Waals surface area contributed by atoms with E-state index in [1.54, 1.807) is 6.92 Å². The average Bonchev–Trinajstić information content (AvgIpc) is 2.04. The smallest absolute Gasteiger partial charge is 0.216 e. The van der Waals surface area contributed by atoms with E-state index in [2.05, 4.69) is 0 Å². The minimum atomic E-state index is -0.536. The summed E-state index contributed by atoms with van der Waals surface area (Å²) >= 11 is 5.55. The summed E-state index contributed by atoms with van der Waals surface area (Å²) in [6.07, 6.45) is 0. The Morgan fingerprint density at radius 2 is 2.31 bits per heavy atom. The summed E-state index contributed by atoms with van der Waals surface area (Å²) < 4.78 is 18.0. The lowest BCUT2D eigenvalue weighted by Crippen LogP contribution is -2.06. The minimum Gasteiger partial charge on any atom is -0.478 e. The van der Waals surface area contributed by atoms with Gasteiger partial charge < -0.3 is 4.74 Å². The van der Waals surface area contributed by atoms with E-state index >= 15 is 0 Å². The molecular weight excluding hydrogens is 193 g/mol. The largest absolute Gasteiger partial charge is 0.478 e. The Hall–Kier alpha value is -1.09. The molecule has 0 amide bonds. The van der Waals surface area contributed by atoms with E-state index in [0.29, 0.717) is 11.6 Å². The normalized spacial score (nSPS) is 9.77. The van der Waals surface area contributed by atoms with E-state index in [4.69, 9.17) is 21.7 Å². The molecule has 70 valence electrons. The van der Waals surface area contributed by atoms with Gasteiger partial charge in [0.25, 0.3) is 0 Å². The topological polar surface area (TPSA) is 33.1 Å². The number of halogens is 2. The SMILES string of the molecule is CCOC(=N)c1ccc(Cl)cc1F. The monoisotopic (exact) mass is 201 g/mol. The van der Waals surface area contributed by atoms with Crippen molar-refractivity contribution < 1.29 is 9.13 Å². The summed E-state index contributed by atoms with van der Waals surface area (Å²) in [4.78, 5) is 0. The van der Waals surface area contributed by atoms with Crippen LogP contribution in [-0.2, 0) is 4.74 Å². The Labute approximate surface area is 80.8 Å². The maximum Gasteiger partial charge on any atom is 0.216 e. The lowest BCUT2D eigenvalue weighted by atomic mass is 10.2. The fourth-order valence-electron chi connectivity index (χ4n) is 0.896.